The van der Waals surface area contributed by atoms with Gasteiger partial charge in [0.05, 0.1) is 0 Å². The molecule has 0 aliphatic rings. The van der Waals surface area contributed by atoms with Gasteiger partial charge in [-0.25, -0.2) is 0 Å². The molecule has 1 unspecified atom stereocenters. The molecular formula is C12H14N2O2. The quantitative estimate of drug-likeness (QED) is 0.734. The molecule has 0 aliphatic carbocycles. The number of rotatable bonds is 4. The maximum atomic E-state index is 10.4. The summed E-state index contributed by atoms with van der Waals surface area (Å²) in [5.74, 6) is -0.807. The molecule has 2 rings (SSSR count). The van der Waals surface area contributed by atoms with Crippen molar-refractivity contribution in [3.63, 3.8) is 0 Å². The first-order chi connectivity index (χ1) is 7.66. The predicted molar refractivity (Wildman–Crippen MR) is 62.1 cm³/mol. The minimum absolute atomic E-state index is 0.104. The summed E-state index contributed by atoms with van der Waals surface area (Å²) in [5, 5.41) is 9.69. The van der Waals surface area contributed by atoms with E-state index in [9.17, 15) is 4.79 Å². The molecule has 0 fully saturated rings. The molecule has 0 amide bonds. The number of H-pyrrole nitrogens is 1. The minimum atomic E-state index is -0.807. The number of aromatic amines is 1. The van der Waals surface area contributed by atoms with E-state index >= 15 is 0 Å². The molecule has 0 spiro atoms. The Morgan fingerprint density at radius 2 is 2.25 bits per heavy atom. The third-order valence-corrected chi connectivity index (χ3v) is 2.67. The van der Waals surface area contributed by atoms with Crippen LogP contribution in [-0.4, -0.2) is 16.1 Å². The standard InChI is InChI=1S/C12H14N2O2/c13-10(2-4-12(15)16)8-1-3-11-9(7-8)5-6-14-11/h1,3,5-7,10,14H,2,4,13H2,(H,15,16). The van der Waals surface area contributed by atoms with Crippen molar-refractivity contribution in [1.29, 1.82) is 0 Å². The Kier molecular flexibility index (Phi) is 2.92. The Morgan fingerprint density at radius 1 is 1.44 bits per heavy atom. The average Bonchev–Trinajstić information content (AvgIpc) is 2.72. The summed E-state index contributed by atoms with van der Waals surface area (Å²) in [6.07, 6.45) is 2.44. The number of carbonyl (C=O) groups is 1. The summed E-state index contributed by atoms with van der Waals surface area (Å²) < 4.78 is 0. The molecule has 0 aliphatic heterocycles. The fourth-order valence-corrected chi connectivity index (χ4v) is 1.75. The molecule has 0 saturated carbocycles. The number of aromatic nitrogens is 1. The second kappa shape index (κ2) is 4.37. The van der Waals surface area contributed by atoms with E-state index in [1.807, 2.05) is 30.5 Å². The molecule has 4 nitrogen and oxygen atoms in total. The van der Waals surface area contributed by atoms with Crippen LogP contribution in [0.5, 0.6) is 0 Å². The third kappa shape index (κ3) is 2.23. The predicted octanol–water partition coefficient (Wildman–Crippen LogP) is 2.03. The monoisotopic (exact) mass is 218 g/mol. The molecule has 1 aromatic heterocycles. The molecule has 0 radical (unpaired) electrons. The van der Waals surface area contributed by atoms with Crippen molar-refractivity contribution in [3.05, 3.63) is 36.0 Å². The maximum absolute atomic E-state index is 10.4. The van der Waals surface area contributed by atoms with Gasteiger partial charge in [0.25, 0.3) is 0 Å². The van der Waals surface area contributed by atoms with Crippen LogP contribution in [0.3, 0.4) is 0 Å². The van der Waals surface area contributed by atoms with Crippen molar-refractivity contribution < 1.29 is 9.90 Å². The number of fused-ring (bicyclic) bond motifs is 1. The zero-order valence-electron chi connectivity index (χ0n) is 8.81. The molecule has 2 aromatic rings. The second-order valence-electron chi connectivity index (χ2n) is 3.86. The lowest BCUT2D eigenvalue weighted by Gasteiger charge is -2.10. The van der Waals surface area contributed by atoms with Gasteiger partial charge in [-0.15, -0.1) is 0 Å². The SMILES string of the molecule is NC(CCC(=O)O)c1ccc2[nH]ccc2c1. The highest BCUT2D eigenvalue weighted by molar-refractivity contribution is 5.80. The highest BCUT2D eigenvalue weighted by Gasteiger charge is 2.09. The van der Waals surface area contributed by atoms with E-state index in [4.69, 9.17) is 10.8 Å². The topological polar surface area (TPSA) is 79.1 Å². The lowest BCUT2D eigenvalue weighted by Crippen LogP contribution is -2.12. The first kappa shape index (κ1) is 10.7. The van der Waals surface area contributed by atoms with E-state index in [-0.39, 0.29) is 12.5 Å². The number of hydrogen-bond acceptors (Lipinski definition) is 2. The summed E-state index contributed by atoms with van der Waals surface area (Å²) in [7, 11) is 0. The van der Waals surface area contributed by atoms with E-state index in [0.717, 1.165) is 16.5 Å². The largest absolute Gasteiger partial charge is 0.481 e. The number of carboxylic acids is 1. The highest BCUT2D eigenvalue weighted by Crippen LogP contribution is 2.21. The zero-order valence-corrected chi connectivity index (χ0v) is 8.81. The van der Waals surface area contributed by atoms with Crippen LogP contribution in [0.4, 0.5) is 0 Å². The van der Waals surface area contributed by atoms with Gasteiger partial charge >= 0.3 is 5.97 Å². The normalized spacial score (nSPS) is 12.8. The fraction of sp³-hybridized carbons (Fsp3) is 0.250. The first-order valence-electron chi connectivity index (χ1n) is 5.21. The van der Waals surface area contributed by atoms with Crippen molar-refractivity contribution in [2.24, 2.45) is 5.73 Å². The summed E-state index contributed by atoms with van der Waals surface area (Å²) in [6, 6.07) is 7.66. The second-order valence-corrected chi connectivity index (χ2v) is 3.86. The number of carboxylic acid groups (broad SMARTS) is 1. The van der Waals surface area contributed by atoms with Gasteiger partial charge in [-0.1, -0.05) is 6.07 Å². The number of hydrogen-bond donors (Lipinski definition) is 3. The Labute approximate surface area is 93.1 Å². The van der Waals surface area contributed by atoms with Crippen LogP contribution >= 0.6 is 0 Å². The van der Waals surface area contributed by atoms with Crippen LogP contribution in [0, 0.1) is 0 Å². The fourth-order valence-electron chi connectivity index (χ4n) is 1.75. The third-order valence-electron chi connectivity index (χ3n) is 2.67. The average molecular weight is 218 g/mol. The highest BCUT2D eigenvalue weighted by atomic mass is 16.4. The van der Waals surface area contributed by atoms with Gasteiger partial charge in [-0.2, -0.15) is 0 Å². The Bertz CT molecular complexity index is 504. The number of nitrogens with one attached hydrogen (secondary N) is 1. The van der Waals surface area contributed by atoms with Gasteiger partial charge in [0.1, 0.15) is 0 Å². The molecule has 0 bridgehead atoms. The first-order valence-corrected chi connectivity index (χ1v) is 5.21. The van der Waals surface area contributed by atoms with E-state index < -0.39 is 5.97 Å². The van der Waals surface area contributed by atoms with Gasteiger partial charge in [-0.3, -0.25) is 4.79 Å². The summed E-state index contributed by atoms with van der Waals surface area (Å²) in [6.45, 7) is 0. The molecule has 16 heavy (non-hydrogen) atoms. The van der Waals surface area contributed by atoms with Crippen molar-refractivity contribution >= 4 is 16.9 Å². The van der Waals surface area contributed by atoms with E-state index in [1.165, 1.54) is 0 Å². The van der Waals surface area contributed by atoms with Crippen molar-refractivity contribution in [3.8, 4) is 0 Å². The number of aliphatic carboxylic acids is 1. The lowest BCUT2D eigenvalue weighted by atomic mass is 10.0. The van der Waals surface area contributed by atoms with Crippen molar-refractivity contribution in [2.45, 2.75) is 18.9 Å². The smallest absolute Gasteiger partial charge is 0.303 e. The molecule has 4 heteroatoms. The Morgan fingerprint density at radius 3 is 3.00 bits per heavy atom. The van der Waals surface area contributed by atoms with E-state index in [0.29, 0.717) is 6.42 Å². The minimum Gasteiger partial charge on any atom is -0.481 e. The van der Waals surface area contributed by atoms with Crippen LogP contribution < -0.4 is 5.73 Å². The van der Waals surface area contributed by atoms with Crippen LogP contribution in [0.25, 0.3) is 10.9 Å². The van der Waals surface area contributed by atoms with Crippen LogP contribution in [-0.2, 0) is 4.79 Å². The van der Waals surface area contributed by atoms with E-state index in [1.54, 1.807) is 0 Å². The molecule has 1 atom stereocenters. The molecule has 0 saturated heterocycles. The summed E-state index contributed by atoms with van der Waals surface area (Å²) in [5.41, 5.74) is 7.97. The van der Waals surface area contributed by atoms with Crippen molar-refractivity contribution in [1.82, 2.24) is 4.98 Å². The molecule has 4 N–H and O–H groups in total. The Hall–Kier alpha value is -1.81. The summed E-state index contributed by atoms with van der Waals surface area (Å²) in [4.78, 5) is 13.5. The van der Waals surface area contributed by atoms with Gasteiger partial charge in [0, 0.05) is 24.2 Å². The van der Waals surface area contributed by atoms with E-state index in [2.05, 4.69) is 4.98 Å². The zero-order chi connectivity index (χ0) is 11.5. The van der Waals surface area contributed by atoms with Crippen LogP contribution in [0.1, 0.15) is 24.4 Å². The van der Waals surface area contributed by atoms with Gasteiger partial charge < -0.3 is 15.8 Å². The van der Waals surface area contributed by atoms with Crippen LogP contribution in [0.2, 0.25) is 0 Å². The summed E-state index contributed by atoms with van der Waals surface area (Å²) >= 11 is 0. The van der Waals surface area contributed by atoms with Crippen LogP contribution in [0.15, 0.2) is 30.5 Å². The number of nitrogens with two attached hydrogens (primary N) is 1. The van der Waals surface area contributed by atoms with Gasteiger partial charge in [0.2, 0.25) is 0 Å². The lowest BCUT2D eigenvalue weighted by molar-refractivity contribution is -0.137. The number of benzene rings is 1. The molecule has 1 aromatic carbocycles. The molecule has 84 valence electrons. The van der Waals surface area contributed by atoms with Gasteiger partial charge in [-0.05, 0) is 35.6 Å². The maximum Gasteiger partial charge on any atom is 0.303 e. The Balaban J connectivity index is 2.15. The van der Waals surface area contributed by atoms with Gasteiger partial charge in [0.15, 0.2) is 0 Å². The molecule has 1 heterocycles. The van der Waals surface area contributed by atoms with Crippen molar-refractivity contribution in [2.75, 3.05) is 0 Å². The molecular weight excluding hydrogens is 204 g/mol.